The van der Waals surface area contributed by atoms with Gasteiger partial charge in [0.05, 0.1) is 19.8 Å². The quantitative estimate of drug-likeness (QED) is 0.514. The zero-order valence-corrected chi connectivity index (χ0v) is 16.9. The van der Waals surface area contributed by atoms with Gasteiger partial charge < -0.3 is 19.9 Å². The number of halogens is 1. The summed E-state index contributed by atoms with van der Waals surface area (Å²) in [5.74, 6) is 0.200. The van der Waals surface area contributed by atoms with E-state index in [-0.39, 0.29) is 24.2 Å². The summed E-state index contributed by atoms with van der Waals surface area (Å²) >= 11 is 6.14. The third-order valence-corrected chi connectivity index (χ3v) is 4.79. The molecule has 8 heteroatoms. The van der Waals surface area contributed by atoms with E-state index in [4.69, 9.17) is 21.1 Å². The van der Waals surface area contributed by atoms with Gasteiger partial charge >= 0.3 is 0 Å². The molecule has 0 fully saturated rings. The van der Waals surface area contributed by atoms with Crippen molar-refractivity contribution in [3.63, 3.8) is 0 Å². The summed E-state index contributed by atoms with van der Waals surface area (Å²) in [4.78, 5) is 19.3. The van der Waals surface area contributed by atoms with Crippen LogP contribution in [-0.4, -0.2) is 28.8 Å². The molecule has 0 aliphatic heterocycles. The third-order valence-electron chi connectivity index (χ3n) is 4.39. The second-order valence-corrected chi connectivity index (χ2v) is 6.76. The molecule has 1 unspecified atom stereocenters. The number of H-pyrrole nitrogens is 1. The predicted molar refractivity (Wildman–Crippen MR) is 112 cm³/mol. The first-order valence-corrected chi connectivity index (χ1v) is 9.43. The number of methoxy groups -OCH3 is 1. The van der Waals surface area contributed by atoms with E-state index in [0.717, 1.165) is 11.1 Å². The van der Waals surface area contributed by atoms with Gasteiger partial charge in [-0.05, 0) is 30.2 Å². The molecule has 0 aliphatic carbocycles. The molecule has 1 atom stereocenters. The fourth-order valence-corrected chi connectivity index (χ4v) is 2.93. The van der Waals surface area contributed by atoms with Crippen molar-refractivity contribution in [1.29, 1.82) is 0 Å². The molecule has 152 valence electrons. The highest BCUT2D eigenvalue weighted by atomic mass is 35.5. The van der Waals surface area contributed by atoms with E-state index in [9.17, 15) is 9.90 Å². The number of ether oxygens (including phenoxy) is 2. The number of rotatable bonds is 8. The van der Waals surface area contributed by atoms with E-state index >= 15 is 0 Å². The molecule has 29 heavy (non-hydrogen) atoms. The highest BCUT2D eigenvalue weighted by Crippen LogP contribution is 2.27. The van der Waals surface area contributed by atoms with Crippen molar-refractivity contribution in [3.05, 3.63) is 75.0 Å². The Balaban J connectivity index is 1.75. The van der Waals surface area contributed by atoms with Gasteiger partial charge in [0.2, 0.25) is 11.7 Å². The average Bonchev–Trinajstić information content (AvgIpc) is 2.72. The molecule has 2 aromatic carbocycles. The molecule has 1 heterocycles. The number of anilines is 2. The van der Waals surface area contributed by atoms with Gasteiger partial charge in [-0.15, -0.1) is 0 Å². The summed E-state index contributed by atoms with van der Waals surface area (Å²) in [7, 11) is 1.37. The summed E-state index contributed by atoms with van der Waals surface area (Å²) in [5, 5.41) is 13.9. The maximum Gasteiger partial charge on any atom is 0.298 e. The first kappa shape index (κ1) is 20.7. The van der Waals surface area contributed by atoms with Crippen molar-refractivity contribution in [2.24, 2.45) is 0 Å². The molecule has 0 saturated heterocycles. The Labute approximate surface area is 173 Å². The van der Waals surface area contributed by atoms with Crippen LogP contribution in [0, 0.1) is 6.92 Å². The van der Waals surface area contributed by atoms with Crippen LogP contribution < -0.4 is 20.3 Å². The van der Waals surface area contributed by atoms with Gasteiger partial charge in [0.25, 0.3) is 11.4 Å². The van der Waals surface area contributed by atoms with Gasteiger partial charge in [0.1, 0.15) is 0 Å². The van der Waals surface area contributed by atoms with E-state index in [1.807, 2.05) is 43.3 Å². The van der Waals surface area contributed by atoms with E-state index in [0.29, 0.717) is 17.1 Å². The maximum atomic E-state index is 12.3. The van der Waals surface area contributed by atoms with Crippen LogP contribution in [0.25, 0.3) is 0 Å². The van der Waals surface area contributed by atoms with E-state index in [1.54, 1.807) is 12.1 Å². The van der Waals surface area contributed by atoms with Crippen LogP contribution in [0.3, 0.4) is 0 Å². The van der Waals surface area contributed by atoms with Gasteiger partial charge in [0, 0.05) is 17.1 Å². The monoisotopic (exact) mass is 415 g/mol. The summed E-state index contributed by atoms with van der Waals surface area (Å²) in [5.41, 5.74) is 1.83. The number of nitrogens with zero attached hydrogens (tertiary/aromatic N) is 1. The van der Waals surface area contributed by atoms with Crippen LogP contribution >= 0.6 is 11.6 Å². The topological polar surface area (TPSA) is 96.5 Å². The number of aliphatic hydroxyl groups excluding tert-OH is 1. The fraction of sp³-hybridized carbons (Fsp3) is 0.238. The molecule has 0 spiro atoms. The summed E-state index contributed by atoms with van der Waals surface area (Å²) in [6.45, 7) is 2.01. The minimum atomic E-state index is -0.684. The highest BCUT2D eigenvalue weighted by molar-refractivity contribution is 6.31. The molecular formula is C21H22ClN3O4. The van der Waals surface area contributed by atoms with E-state index in [2.05, 4.69) is 15.3 Å². The maximum absolute atomic E-state index is 12.3. The lowest BCUT2D eigenvalue weighted by atomic mass is 10.1. The second-order valence-electron chi connectivity index (χ2n) is 6.35. The Morgan fingerprint density at radius 2 is 1.97 bits per heavy atom. The largest absolute Gasteiger partial charge is 0.487 e. The van der Waals surface area contributed by atoms with Crippen molar-refractivity contribution in [2.75, 3.05) is 19.0 Å². The molecular weight excluding hydrogens is 394 g/mol. The molecule has 0 saturated carbocycles. The SMILES string of the molecule is COc1c(OCCC(O)c2ccccc2)nc(Nc2cccc(Cl)c2C)[nH]c1=O. The Morgan fingerprint density at radius 1 is 1.21 bits per heavy atom. The second kappa shape index (κ2) is 9.45. The average molecular weight is 416 g/mol. The van der Waals surface area contributed by atoms with Gasteiger partial charge in [0.15, 0.2) is 0 Å². The summed E-state index contributed by atoms with van der Waals surface area (Å²) in [6.07, 6.45) is -0.353. The number of benzene rings is 2. The molecule has 0 bridgehead atoms. The number of aliphatic hydroxyl groups is 1. The minimum absolute atomic E-state index is 0.0347. The normalized spacial score (nSPS) is 11.7. The van der Waals surface area contributed by atoms with Crippen LogP contribution in [0.5, 0.6) is 11.6 Å². The van der Waals surface area contributed by atoms with Crippen molar-refractivity contribution in [3.8, 4) is 11.6 Å². The number of aromatic nitrogens is 2. The van der Waals surface area contributed by atoms with Gasteiger partial charge in [-0.25, -0.2) is 0 Å². The number of aromatic amines is 1. The van der Waals surface area contributed by atoms with Crippen LogP contribution in [0.4, 0.5) is 11.6 Å². The highest BCUT2D eigenvalue weighted by Gasteiger charge is 2.16. The zero-order valence-electron chi connectivity index (χ0n) is 16.1. The smallest absolute Gasteiger partial charge is 0.298 e. The molecule has 0 radical (unpaired) electrons. The van der Waals surface area contributed by atoms with Crippen molar-refractivity contribution >= 4 is 23.2 Å². The number of nitrogens with one attached hydrogen (secondary N) is 2. The lowest BCUT2D eigenvalue weighted by molar-refractivity contribution is 0.137. The van der Waals surface area contributed by atoms with Crippen molar-refractivity contribution < 1.29 is 14.6 Å². The Hall–Kier alpha value is -3.03. The van der Waals surface area contributed by atoms with Gasteiger partial charge in [-0.2, -0.15) is 4.98 Å². The lowest BCUT2D eigenvalue weighted by Crippen LogP contribution is -2.16. The van der Waals surface area contributed by atoms with Crippen LogP contribution in [0.1, 0.15) is 23.7 Å². The summed E-state index contributed by atoms with van der Waals surface area (Å²) < 4.78 is 10.8. The molecule has 3 aromatic rings. The van der Waals surface area contributed by atoms with Crippen molar-refractivity contribution in [2.45, 2.75) is 19.4 Å². The standard InChI is InChI=1S/C21H22ClN3O4/c1-13-15(22)9-6-10-16(13)23-21-24-19(27)18(28-2)20(25-21)29-12-11-17(26)14-7-4-3-5-8-14/h3-10,17,26H,11-12H2,1-2H3,(H2,23,24,25,27). The molecule has 0 amide bonds. The molecule has 3 N–H and O–H groups in total. The van der Waals surface area contributed by atoms with E-state index in [1.165, 1.54) is 7.11 Å². The number of hydrogen-bond acceptors (Lipinski definition) is 6. The van der Waals surface area contributed by atoms with Crippen molar-refractivity contribution in [1.82, 2.24) is 9.97 Å². The minimum Gasteiger partial charge on any atom is -0.487 e. The van der Waals surface area contributed by atoms with E-state index < -0.39 is 11.7 Å². The molecule has 3 rings (SSSR count). The Morgan fingerprint density at radius 3 is 2.69 bits per heavy atom. The first-order chi connectivity index (χ1) is 14.0. The Bertz CT molecular complexity index is 1020. The molecule has 7 nitrogen and oxygen atoms in total. The summed E-state index contributed by atoms with van der Waals surface area (Å²) in [6, 6.07) is 14.7. The van der Waals surface area contributed by atoms with Crippen LogP contribution in [0.15, 0.2) is 53.3 Å². The molecule has 1 aromatic heterocycles. The Kier molecular flexibility index (Phi) is 6.74. The fourth-order valence-electron chi connectivity index (χ4n) is 2.76. The molecule has 0 aliphatic rings. The van der Waals surface area contributed by atoms with Gasteiger partial charge in [-0.1, -0.05) is 48.0 Å². The first-order valence-electron chi connectivity index (χ1n) is 9.06. The number of hydrogen-bond donors (Lipinski definition) is 3. The third kappa shape index (κ3) is 5.07. The van der Waals surface area contributed by atoms with Crippen LogP contribution in [-0.2, 0) is 0 Å². The predicted octanol–water partition coefficient (Wildman–Crippen LogP) is 3.99. The van der Waals surface area contributed by atoms with Gasteiger partial charge in [-0.3, -0.25) is 9.78 Å². The zero-order chi connectivity index (χ0) is 20.8. The van der Waals surface area contributed by atoms with Crippen LogP contribution in [0.2, 0.25) is 5.02 Å². The lowest BCUT2D eigenvalue weighted by Gasteiger charge is -2.14.